The number of rotatable bonds is 4. The molecule has 1 saturated heterocycles. The van der Waals surface area contributed by atoms with Gasteiger partial charge in [0.2, 0.25) is 0 Å². The zero-order valence-corrected chi connectivity index (χ0v) is 12.2. The standard InChI is InChI=1S/C16H21FN4/c1-12-8-13(9-18)10-20(12)11-16-6-7-19-21(16)15-4-2-14(17)3-5-15/h2-7,12-13H,8-11,18H2,1H3. The smallest absolute Gasteiger partial charge is 0.123 e. The first-order chi connectivity index (χ1) is 10.2. The molecule has 112 valence electrons. The van der Waals surface area contributed by atoms with Crippen LogP contribution in [0.2, 0.25) is 0 Å². The van der Waals surface area contributed by atoms with Crippen molar-refractivity contribution in [2.45, 2.75) is 25.9 Å². The summed E-state index contributed by atoms with van der Waals surface area (Å²) in [4.78, 5) is 2.44. The summed E-state index contributed by atoms with van der Waals surface area (Å²) >= 11 is 0. The second-order valence-corrected chi connectivity index (χ2v) is 5.83. The van der Waals surface area contributed by atoms with E-state index >= 15 is 0 Å². The number of nitrogens with two attached hydrogens (primary N) is 1. The first-order valence-corrected chi connectivity index (χ1v) is 7.40. The van der Waals surface area contributed by atoms with E-state index in [-0.39, 0.29) is 5.82 Å². The Labute approximate surface area is 124 Å². The van der Waals surface area contributed by atoms with Gasteiger partial charge in [0.05, 0.1) is 11.4 Å². The van der Waals surface area contributed by atoms with Crippen LogP contribution in [0.25, 0.3) is 5.69 Å². The van der Waals surface area contributed by atoms with E-state index in [1.807, 2.05) is 10.7 Å². The molecule has 0 radical (unpaired) electrons. The van der Waals surface area contributed by atoms with E-state index in [1.165, 1.54) is 12.1 Å². The first kappa shape index (κ1) is 14.2. The van der Waals surface area contributed by atoms with Crippen LogP contribution in [0, 0.1) is 11.7 Å². The van der Waals surface area contributed by atoms with Gasteiger partial charge in [-0.25, -0.2) is 9.07 Å². The summed E-state index contributed by atoms with van der Waals surface area (Å²) in [6, 6.07) is 8.98. The molecule has 4 nitrogen and oxygen atoms in total. The van der Waals surface area contributed by atoms with E-state index in [0.29, 0.717) is 12.0 Å². The second-order valence-electron chi connectivity index (χ2n) is 5.83. The molecule has 1 fully saturated rings. The van der Waals surface area contributed by atoms with Crippen molar-refractivity contribution in [3.05, 3.63) is 48.0 Å². The van der Waals surface area contributed by atoms with Crippen molar-refractivity contribution in [3.8, 4) is 5.69 Å². The van der Waals surface area contributed by atoms with E-state index in [9.17, 15) is 4.39 Å². The lowest BCUT2D eigenvalue weighted by Crippen LogP contribution is -2.28. The normalized spacial score (nSPS) is 22.8. The van der Waals surface area contributed by atoms with Gasteiger partial charge < -0.3 is 5.73 Å². The molecule has 2 N–H and O–H groups in total. The Bertz CT molecular complexity index is 593. The molecule has 0 spiro atoms. The quantitative estimate of drug-likeness (QED) is 0.938. The van der Waals surface area contributed by atoms with E-state index in [1.54, 1.807) is 18.3 Å². The molecule has 21 heavy (non-hydrogen) atoms. The molecule has 0 aliphatic carbocycles. The van der Waals surface area contributed by atoms with Gasteiger partial charge in [-0.05, 0) is 56.1 Å². The first-order valence-electron chi connectivity index (χ1n) is 7.40. The van der Waals surface area contributed by atoms with Crippen molar-refractivity contribution >= 4 is 0 Å². The molecule has 3 rings (SSSR count). The number of hydrogen-bond acceptors (Lipinski definition) is 3. The van der Waals surface area contributed by atoms with Crippen molar-refractivity contribution in [1.82, 2.24) is 14.7 Å². The molecule has 2 atom stereocenters. The zero-order chi connectivity index (χ0) is 14.8. The third-order valence-electron chi connectivity index (χ3n) is 4.28. The average Bonchev–Trinajstić information content (AvgIpc) is 3.08. The highest BCUT2D eigenvalue weighted by Gasteiger charge is 2.28. The van der Waals surface area contributed by atoms with Gasteiger partial charge in [-0.3, -0.25) is 4.90 Å². The van der Waals surface area contributed by atoms with Gasteiger partial charge in [-0.1, -0.05) is 0 Å². The van der Waals surface area contributed by atoms with Crippen LogP contribution in [0.3, 0.4) is 0 Å². The van der Waals surface area contributed by atoms with Crippen LogP contribution in [-0.2, 0) is 6.54 Å². The van der Waals surface area contributed by atoms with E-state index < -0.39 is 0 Å². The molecule has 0 bridgehead atoms. The predicted octanol–water partition coefficient (Wildman–Crippen LogP) is 2.18. The highest BCUT2D eigenvalue weighted by atomic mass is 19.1. The molecule has 2 heterocycles. The fraction of sp³-hybridized carbons (Fsp3) is 0.438. The topological polar surface area (TPSA) is 47.1 Å². The van der Waals surface area contributed by atoms with Crippen LogP contribution in [0.5, 0.6) is 0 Å². The zero-order valence-electron chi connectivity index (χ0n) is 12.2. The molecule has 0 amide bonds. The minimum absolute atomic E-state index is 0.230. The van der Waals surface area contributed by atoms with Crippen molar-refractivity contribution in [2.24, 2.45) is 11.7 Å². The lowest BCUT2D eigenvalue weighted by atomic mass is 10.1. The van der Waals surface area contributed by atoms with Crippen molar-refractivity contribution in [1.29, 1.82) is 0 Å². The van der Waals surface area contributed by atoms with Crippen molar-refractivity contribution in [2.75, 3.05) is 13.1 Å². The summed E-state index contributed by atoms with van der Waals surface area (Å²) in [5, 5.41) is 4.37. The molecule has 1 aliphatic heterocycles. The van der Waals surface area contributed by atoms with Gasteiger partial charge in [0.15, 0.2) is 0 Å². The number of benzene rings is 1. The molecular formula is C16H21FN4. The van der Waals surface area contributed by atoms with E-state index in [4.69, 9.17) is 5.73 Å². The summed E-state index contributed by atoms with van der Waals surface area (Å²) in [5.74, 6) is 0.355. The number of likely N-dealkylation sites (tertiary alicyclic amines) is 1. The number of nitrogens with zero attached hydrogens (tertiary/aromatic N) is 3. The maximum Gasteiger partial charge on any atom is 0.123 e. The Kier molecular flexibility index (Phi) is 4.03. The average molecular weight is 288 g/mol. The minimum atomic E-state index is -0.230. The molecule has 5 heteroatoms. The Morgan fingerprint density at radius 1 is 1.29 bits per heavy atom. The van der Waals surface area contributed by atoms with Crippen molar-refractivity contribution < 1.29 is 4.39 Å². The Morgan fingerprint density at radius 2 is 2.05 bits per heavy atom. The van der Waals surface area contributed by atoms with Crippen LogP contribution in [-0.4, -0.2) is 33.8 Å². The van der Waals surface area contributed by atoms with Gasteiger partial charge in [0.1, 0.15) is 5.82 Å². The maximum atomic E-state index is 13.0. The van der Waals surface area contributed by atoms with Gasteiger partial charge in [-0.15, -0.1) is 0 Å². The highest BCUT2D eigenvalue weighted by Crippen LogP contribution is 2.24. The SMILES string of the molecule is CC1CC(CN)CN1Cc1ccnn1-c1ccc(F)cc1. The van der Waals surface area contributed by atoms with Crippen LogP contribution < -0.4 is 5.73 Å². The fourth-order valence-electron chi connectivity index (χ4n) is 3.08. The Hall–Kier alpha value is -1.72. The summed E-state index contributed by atoms with van der Waals surface area (Å²) < 4.78 is 14.9. The van der Waals surface area contributed by atoms with Gasteiger partial charge >= 0.3 is 0 Å². The van der Waals surface area contributed by atoms with E-state index in [2.05, 4.69) is 16.9 Å². The minimum Gasteiger partial charge on any atom is -0.330 e. The molecule has 0 saturated carbocycles. The van der Waals surface area contributed by atoms with Gasteiger partial charge in [0, 0.05) is 25.3 Å². The number of aromatic nitrogens is 2. The third kappa shape index (κ3) is 2.99. The molecule has 1 aromatic heterocycles. The summed E-state index contributed by atoms with van der Waals surface area (Å²) in [6.07, 6.45) is 2.95. The predicted molar refractivity (Wildman–Crippen MR) is 80.6 cm³/mol. The second kappa shape index (κ2) is 5.95. The number of hydrogen-bond donors (Lipinski definition) is 1. The molecule has 1 aliphatic rings. The number of halogens is 1. The molecule has 2 aromatic rings. The molecule has 1 aromatic carbocycles. The van der Waals surface area contributed by atoms with Crippen LogP contribution in [0.15, 0.2) is 36.5 Å². The highest BCUT2D eigenvalue weighted by molar-refractivity contribution is 5.32. The van der Waals surface area contributed by atoms with E-state index in [0.717, 1.165) is 37.4 Å². The molecular weight excluding hydrogens is 267 g/mol. The van der Waals surface area contributed by atoms with Gasteiger partial charge in [0.25, 0.3) is 0 Å². The Balaban J connectivity index is 1.78. The largest absolute Gasteiger partial charge is 0.330 e. The third-order valence-corrected chi connectivity index (χ3v) is 4.28. The summed E-state index contributed by atoms with van der Waals surface area (Å²) in [5.41, 5.74) is 7.79. The lowest BCUT2D eigenvalue weighted by molar-refractivity contribution is 0.250. The Morgan fingerprint density at radius 3 is 2.71 bits per heavy atom. The van der Waals surface area contributed by atoms with Crippen LogP contribution in [0.4, 0.5) is 4.39 Å². The maximum absolute atomic E-state index is 13.0. The van der Waals surface area contributed by atoms with Gasteiger partial charge in [-0.2, -0.15) is 5.10 Å². The fourth-order valence-corrected chi connectivity index (χ4v) is 3.08. The van der Waals surface area contributed by atoms with Crippen molar-refractivity contribution in [3.63, 3.8) is 0 Å². The monoisotopic (exact) mass is 288 g/mol. The summed E-state index contributed by atoms with van der Waals surface area (Å²) in [7, 11) is 0. The summed E-state index contributed by atoms with van der Waals surface area (Å²) in [6.45, 7) is 4.87. The van der Waals surface area contributed by atoms with Crippen LogP contribution >= 0.6 is 0 Å². The lowest BCUT2D eigenvalue weighted by Gasteiger charge is -2.21. The molecule has 2 unspecified atom stereocenters. The van der Waals surface area contributed by atoms with Crippen LogP contribution in [0.1, 0.15) is 19.0 Å².